The summed E-state index contributed by atoms with van der Waals surface area (Å²) in [5.74, 6) is -0.101. The number of hydrogen-bond acceptors (Lipinski definition) is 2. The molecule has 0 N–H and O–H groups in total. The maximum absolute atomic E-state index is 13.0. The zero-order chi connectivity index (χ0) is 19.8. The molecule has 3 aromatic rings. The molecule has 0 unspecified atom stereocenters. The molecule has 28 heavy (non-hydrogen) atoms. The van der Waals surface area contributed by atoms with Crippen LogP contribution in [-0.2, 0) is 4.79 Å². The fourth-order valence-corrected chi connectivity index (χ4v) is 3.92. The fourth-order valence-electron chi connectivity index (χ4n) is 3.53. The molecule has 1 aliphatic heterocycles. The van der Waals surface area contributed by atoms with Crippen molar-refractivity contribution in [2.24, 2.45) is 5.10 Å². The third-order valence-electron chi connectivity index (χ3n) is 4.90. The Hall–Kier alpha value is -2.92. The number of halogens is 1. The van der Waals surface area contributed by atoms with Crippen molar-refractivity contribution in [3.8, 4) is 5.69 Å². The minimum absolute atomic E-state index is 0.101. The lowest BCUT2D eigenvalue weighted by atomic mass is 10.1. The van der Waals surface area contributed by atoms with Crippen molar-refractivity contribution in [1.29, 1.82) is 0 Å². The maximum atomic E-state index is 13.0. The topological polar surface area (TPSA) is 37.6 Å². The Bertz CT molecular complexity index is 1130. The van der Waals surface area contributed by atoms with Gasteiger partial charge in [-0.15, -0.1) is 0 Å². The van der Waals surface area contributed by atoms with Gasteiger partial charge in [0.05, 0.1) is 17.0 Å². The number of amides is 1. The number of nitrogens with zero attached hydrogens (tertiary/aromatic N) is 3. The van der Waals surface area contributed by atoms with Crippen LogP contribution < -0.4 is 5.01 Å². The SMILES string of the molecule is CC1=NN(c2ccccc2)C(=O)/C1=C/c1cc(C)n(-c2cccc(Br)c2)c1C. The summed E-state index contributed by atoms with van der Waals surface area (Å²) >= 11 is 3.54. The first-order chi connectivity index (χ1) is 13.5. The van der Waals surface area contributed by atoms with E-state index in [2.05, 4.69) is 57.6 Å². The van der Waals surface area contributed by atoms with Gasteiger partial charge >= 0.3 is 0 Å². The van der Waals surface area contributed by atoms with Crippen molar-refractivity contribution in [2.45, 2.75) is 20.8 Å². The first-order valence-corrected chi connectivity index (χ1v) is 9.86. The summed E-state index contributed by atoms with van der Waals surface area (Å²) in [7, 11) is 0. The summed E-state index contributed by atoms with van der Waals surface area (Å²) in [6.07, 6.45) is 1.95. The van der Waals surface area contributed by atoms with Gasteiger partial charge in [0.25, 0.3) is 5.91 Å². The molecule has 5 heteroatoms. The molecule has 140 valence electrons. The number of carbonyl (C=O) groups is 1. The highest BCUT2D eigenvalue weighted by Crippen LogP contribution is 2.28. The first-order valence-electron chi connectivity index (χ1n) is 9.07. The number of anilines is 1. The molecule has 0 radical (unpaired) electrons. The predicted octanol–water partition coefficient (Wildman–Crippen LogP) is 5.66. The Morgan fingerprint density at radius 3 is 2.36 bits per heavy atom. The zero-order valence-corrected chi connectivity index (χ0v) is 17.6. The van der Waals surface area contributed by atoms with Gasteiger partial charge in [0.15, 0.2) is 0 Å². The quantitative estimate of drug-likeness (QED) is 0.490. The van der Waals surface area contributed by atoms with Gasteiger partial charge in [0, 0.05) is 21.5 Å². The van der Waals surface area contributed by atoms with Crippen LogP contribution in [0.3, 0.4) is 0 Å². The zero-order valence-electron chi connectivity index (χ0n) is 16.0. The molecule has 0 aliphatic carbocycles. The van der Waals surface area contributed by atoms with Crippen LogP contribution in [0.2, 0.25) is 0 Å². The van der Waals surface area contributed by atoms with Crippen molar-refractivity contribution < 1.29 is 4.79 Å². The van der Waals surface area contributed by atoms with Crippen LogP contribution >= 0.6 is 15.9 Å². The molecule has 4 rings (SSSR count). The van der Waals surface area contributed by atoms with Crippen LogP contribution in [0.5, 0.6) is 0 Å². The summed E-state index contributed by atoms with van der Waals surface area (Å²) in [5.41, 5.74) is 6.42. The number of rotatable bonds is 3. The number of carbonyl (C=O) groups excluding carboxylic acids is 1. The highest BCUT2D eigenvalue weighted by atomic mass is 79.9. The van der Waals surface area contributed by atoms with Crippen LogP contribution in [-0.4, -0.2) is 16.2 Å². The van der Waals surface area contributed by atoms with Crippen LogP contribution in [0.4, 0.5) is 5.69 Å². The molecule has 0 bridgehead atoms. The largest absolute Gasteiger partial charge is 0.318 e. The van der Waals surface area contributed by atoms with Gasteiger partial charge in [0.2, 0.25) is 0 Å². The van der Waals surface area contributed by atoms with Crippen molar-refractivity contribution in [3.63, 3.8) is 0 Å². The summed E-state index contributed by atoms with van der Waals surface area (Å²) in [6, 6.07) is 19.8. The van der Waals surface area contributed by atoms with E-state index in [0.717, 1.165) is 38.5 Å². The van der Waals surface area contributed by atoms with E-state index in [4.69, 9.17) is 0 Å². The molecule has 1 amide bonds. The molecular weight excluding hydrogens is 414 g/mol. The van der Waals surface area contributed by atoms with Gasteiger partial charge < -0.3 is 4.57 Å². The van der Waals surface area contributed by atoms with Crippen LogP contribution in [0.1, 0.15) is 23.9 Å². The molecule has 1 aromatic heterocycles. The van der Waals surface area contributed by atoms with Crippen molar-refractivity contribution in [2.75, 3.05) is 5.01 Å². The maximum Gasteiger partial charge on any atom is 0.280 e. The molecule has 0 spiro atoms. The van der Waals surface area contributed by atoms with Gasteiger partial charge in [0.1, 0.15) is 0 Å². The Kier molecular flexibility index (Phi) is 4.77. The second-order valence-corrected chi connectivity index (χ2v) is 7.75. The second-order valence-electron chi connectivity index (χ2n) is 6.84. The van der Waals surface area contributed by atoms with Gasteiger partial charge in [-0.2, -0.15) is 10.1 Å². The summed E-state index contributed by atoms with van der Waals surface area (Å²) in [6.45, 7) is 6.02. The van der Waals surface area contributed by atoms with E-state index < -0.39 is 0 Å². The number of hydrazone groups is 1. The molecular formula is C23H20BrN3O. The number of hydrogen-bond donors (Lipinski definition) is 0. The van der Waals surface area contributed by atoms with Crippen molar-refractivity contribution >= 4 is 39.3 Å². The van der Waals surface area contributed by atoms with E-state index in [0.29, 0.717) is 5.57 Å². The number of aryl methyl sites for hydroxylation is 1. The minimum Gasteiger partial charge on any atom is -0.318 e. The lowest BCUT2D eigenvalue weighted by molar-refractivity contribution is -0.114. The normalized spacial score (nSPS) is 15.4. The summed E-state index contributed by atoms with van der Waals surface area (Å²) < 4.78 is 3.22. The third kappa shape index (κ3) is 3.22. The Morgan fingerprint density at radius 1 is 0.929 bits per heavy atom. The molecule has 0 atom stereocenters. The average molecular weight is 434 g/mol. The monoisotopic (exact) mass is 433 g/mol. The van der Waals surface area contributed by atoms with E-state index in [1.54, 1.807) is 0 Å². The van der Waals surface area contributed by atoms with Gasteiger partial charge in [-0.3, -0.25) is 4.79 Å². The average Bonchev–Trinajstić information content (AvgIpc) is 3.12. The van der Waals surface area contributed by atoms with Crippen molar-refractivity contribution in [3.05, 3.63) is 87.7 Å². The molecule has 4 nitrogen and oxygen atoms in total. The Morgan fingerprint density at radius 2 is 1.64 bits per heavy atom. The van der Waals surface area contributed by atoms with E-state index in [1.807, 2.05) is 55.5 Å². The van der Waals surface area contributed by atoms with E-state index >= 15 is 0 Å². The molecule has 0 fully saturated rings. The first kappa shape index (κ1) is 18.4. The van der Waals surface area contributed by atoms with Crippen LogP contribution in [0, 0.1) is 13.8 Å². The second kappa shape index (κ2) is 7.24. The molecule has 2 aromatic carbocycles. The van der Waals surface area contributed by atoms with Crippen molar-refractivity contribution in [1.82, 2.24) is 4.57 Å². The summed E-state index contributed by atoms with van der Waals surface area (Å²) in [5, 5.41) is 5.93. The molecule has 1 aliphatic rings. The number of benzene rings is 2. The fraction of sp³-hybridized carbons (Fsp3) is 0.130. The number of aromatic nitrogens is 1. The van der Waals surface area contributed by atoms with E-state index in [9.17, 15) is 4.79 Å². The minimum atomic E-state index is -0.101. The van der Waals surface area contributed by atoms with Gasteiger partial charge in [-0.1, -0.05) is 40.2 Å². The van der Waals surface area contributed by atoms with Gasteiger partial charge in [-0.25, -0.2) is 0 Å². The number of para-hydroxylation sites is 1. The van der Waals surface area contributed by atoms with E-state index in [-0.39, 0.29) is 5.91 Å². The molecule has 0 saturated carbocycles. The van der Waals surface area contributed by atoms with Gasteiger partial charge in [-0.05, 0) is 68.8 Å². The smallest absolute Gasteiger partial charge is 0.280 e. The standard InChI is InChI=1S/C23H20BrN3O/c1-15-12-18(17(3)26(15)21-11-7-8-19(24)14-21)13-22-16(2)25-27(23(22)28)20-9-5-4-6-10-20/h4-14H,1-3H3/b22-13+. The molecule has 2 heterocycles. The Labute approximate surface area is 172 Å². The molecule has 0 saturated heterocycles. The highest BCUT2D eigenvalue weighted by molar-refractivity contribution is 9.10. The highest BCUT2D eigenvalue weighted by Gasteiger charge is 2.29. The summed E-state index contributed by atoms with van der Waals surface area (Å²) in [4.78, 5) is 13.0. The lowest BCUT2D eigenvalue weighted by Gasteiger charge is -2.11. The predicted molar refractivity (Wildman–Crippen MR) is 118 cm³/mol. The van der Waals surface area contributed by atoms with Crippen LogP contribution in [0.25, 0.3) is 11.8 Å². The van der Waals surface area contributed by atoms with Crippen LogP contribution in [0.15, 0.2) is 75.8 Å². The lowest BCUT2D eigenvalue weighted by Crippen LogP contribution is -2.21. The Balaban J connectivity index is 1.73. The van der Waals surface area contributed by atoms with E-state index in [1.165, 1.54) is 5.01 Å². The third-order valence-corrected chi connectivity index (χ3v) is 5.39.